The van der Waals surface area contributed by atoms with Crippen molar-refractivity contribution in [3.63, 3.8) is 0 Å². The van der Waals surface area contributed by atoms with Crippen LogP contribution in [0.3, 0.4) is 0 Å². The van der Waals surface area contributed by atoms with Crippen molar-refractivity contribution in [2.24, 2.45) is 93.9 Å². The molecule has 8 aliphatic rings. The van der Waals surface area contributed by atoms with E-state index in [1.165, 1.54) is 41.9 Å². The Morgan fingerprint density at radius 3 is 0.967 bits per heavy atom. The van der Waals surface area contributed by atoms with Crippen molar-refractivity contribution in [3.8, 4) is 46.0 Å². The van der Waals surface area contributed by atoms with Crippen molar-refractivity contribution in [2.75, 3.05) is 109 Å². The molecule has 0 saturated carbocycles. The molecule has 4 aromatic rings. The summed E-state index contributed by atoms with van der Waals surface area (Å²) in [5, 5.41) is 0. The summed E-state index contributed by atoms with van der Waals surface area (Å²) in [7, 11) is 0.512. The van der Waals surface area contributed by atoms with Crippen molar-refractivity contribution >= 4 is 23.9 Å². The molecule has 12 rings (SSSR count). The fourth-order valence-corrected chi connectivity index (χ4v) is 12.6. The standard InChI is InChI=1S/4C24H38N2O4/c4*1-14(2)9-17-13-26-8-7-16-10-21(28-5)22(29-6)11-18(16)19(26)12-20(17)30-24(27)23(25)15(3)4/h4*10-11,14-15,17,19-20,23H,7-9,12-13,25H2,1-6H3/t4*17?,19?,20?,23-/m0000/s1/i5D3,7D2,8D2,12D2,13D2,17D,19D,20D;5D3,7D2,8D2,10D,11D,12D2,13D2,17D;7D2,8D2,12D2,13D2,17D,19D,20D;7D2,8D2,10D,11D,12D2,13D2,17D. The SMILES string of the molecule is [2H]C([2H])([2H])Oc1cc2c(cc1OC)C1([2H])N(C([2H])([2H])C2([2H])[2H])C([2H])([2H])C([2H])(CC(C)C)C([2H])(OC(=O)[C@@H](N)C(C)C)C1([2H])[2H].[2H]C1([2H])c2cc(OC)c(OC)cc2C2([2H])N(C1([2H])[2H])C([2H])([2H])C([2H])(CC(C)C)C([2H])(OC(=O)[C@@H](N)C(C)C)C2([2H])[2H].[2H]c1c(OC)c(OC([2H])([2H])[2H])c([2H])c2c1C1N(C([2H])([2H])C2([2H])[2H])C([2H])([2H])C([2H])(CC(C)C)C(OC(=O)[C@@H](N)C(C)C)C1([2H])[2H].[2H]c1c(OC)c(OC)c([2H])c2c1C1N(C([2H])([2H])C2([2H])[2H])C([2H])([2H])C([2H])(CC(C)C)C(OC(=O)[C@@H](N)C(C)C)C1([2H])[2H]. The summed E-state index contributed by atoms with van der Waals surface area (Å²) in [5.41, 5.74) is 18.1. The van der Waals surface area contributed by atoms with E-state index in [-0.39, 0.29) is 37.7 Å². The van der Waals surface area contributed by atoms with E-state index in [1.54, 1.807) is 83.1 Å². The molecule has 4 fully saturated rings. The maximum atomic E-state index is 13.2. The van der Waals surface area contributed by atoms with Gasteiger partial charge in [-0.05, 0) is 191 Å². The third kappa shape index (κ3) is 23.8. The minimum atomic E-state index is -3.70. The number of esters is 4. The average Bonchev–Trinajstić information content (AvgIpc) is 0.634. The van der Waals surface area contributed by atoms with E-state index in [4.69, 9.17) is 126 Å². The van der Waals surface area contributed by atoms with Gasteiger partial charge in [-0.1, -0.05) is 111 Å². The lowest BCUT2D eigenvalue weighted by molar-refractivity contribution is -0.161. The van der Waals surface area contributed by atoms with Crippen LogP contribution in [0.2, 0.25) is 0 Å². The lowest BCUT2D eigenvalue weighted by atomic mass is 9.79. The van der Waals surface area contributed by atoms with Gasteiger partial charge < -0.3 is 79.8 Å². The number of aryl methyl sites for hydroxylation is 2. The van der Waals surface area contributed by atoms with E-state index in [1.807, 2.05) is 0 Å². The number of hydrogen-bond donors (Lipinski definition) is 4. The van der Waals surface area contributed by atoms with Crippen LogP contribution in [0.1, 0.15) is 299 Å². The molecular weight excluding hydrogens is 1520 g/mol. The Kier molecular flexibility index (Phi) is 17.7. The molecule has 0 amide bonds. The predicted octanol–water partition coefficient (Wildman–Crippen LogP) is 14.3. The van der Waals surface area contributed by atoms with E-state index >= 15 is 0 Å². The van der Waals surface area contributed by atoms with Gasteiger partial charge in [0.25, 0.3) is 0 Å². The molecule has 8 aliphatic heterocycles. The van der Waals surface area contributed by atoms with E-state index in [2.05, 4.69) is 0 Å². The number of nitrogens with zero attached hydrogens (tertiary/aromatic N) is 4. The zero-order chi connectivity index (χ0) is 133. The molecule has 0 radical (unpaired) electrons. The first-order chi connectivity index (χ1) is 76.0. The van der Waals surface area contributed by atoms with Crippen LogP contribution in [0, 0.1) is 70.9 Å². The third-order valence-corrected chi connectivity index (χ3v) is 19.4. The van der Waals surface area contributed by atoms with Gasteiger partial charge in [0, 0.05) is 175 Å². The van der Waals surface area contributed by atoms with Crippen molar-refractivity contribution in [3.05, 3.63) is 92.9 Å². The monoisotopic (exact) mass is 1720 g/mol. The van der Waals surface area contributed by atoms with Gasteiger partial charge in [0.05, 0.1) is 75.9 Å². The lowest BCUT2D eigenvalue weighted by Gasteiger charge is -2.47. The topological polar surface area (TPSA) is 296 Å². The number of fused-ring (bicyclic) bond motifs is 12. The summed E-state index contributed by atoms with van der Waals surface area (Å²) in [4.78, 5) is 53.1. The predicted molar refractivity (Wildman–Crippen MR) is 471 cm³/mol. The highest BCUT2D eigenvalue weighted by molar-refractivity contribution is 5.77. The molecule has 4 saturated heterocycles. The molecule has 0 aliphatic carbocycles. The maximum absolute atomic E-state index is 13.2. The first-order valence-electron chi connectivity index (χ1n) is 64.5. The van der Waals surface area contributed by atoms with Gasteiger partial charge in [-0.15, -0.1) is 0 Å². The molecule has 24 heteroatoms. The summed E-state index contributed by atoms with van der Waals surface area (Å²) in [6.07, 6.45) is -40.2. The van der Waals surface area contributed by atoms with E-state index in [9.17, 15) is 41.1 Å². The highest BCUT2D eigenvalue weighted by Crippen LogP contribution is 2.50. The van der Waals surface area contributed by atoms with Crippen LogP contribution < -0.4 is 60.8 Å². The maximum Gasteiger partial charge on any atom is 0.323 e. The van der Waals surface area contributed by atoms with Gasteiger partial charge in [0.2, 0.25) is 0 Å². The molecule has 0 spiro atoms. The van der Waals surface area contributed by atoms with Crippen LogP contribution in [-0.2, 0) is 63.6 Å². The Morgan fingerprint density at radius 1 is 0.367 bits per heavy atom. The first-order valence-corrected chi connectivity index (χ1v) is 39.5. The Hall–Kier alpha value is -7.16. The molecular formula is C96H152N8O16. The molecule has 672 valence electrons. The van der Waals surface area contributed by atoms with Crippen LogP contribution in [-0.4, -0.2) is 201 Å². The molecule has 12 unspecified atom stereocenters. The van der Waals surface area contributed by atoms with Gasteiger partial charge in [0.15, 0.2) is 46.0 Å². The van der Waals surface area contributed by atoms with Crippen molar-refractivity contribution in [1.82, 2.24) is 19.6 Å². The number of ether oxygens (including phenoxy) is 12. The largest absolute Gasteiger partial charge is 0.493 e. The van der Waals surface area contributed by atoms with Gasteiger partial charge >= 0.3 is 23.9 Å². The summed E-state index contributed by atoms with van der Waals surface area (Å²) < 4.78 is 507. The van der Waals surface area contributed by atoms with Crippen molar-refractivity contribution in [2.45, 2.75) is 260 Å². The second kappa shape index (κ2) is 43.9. The minimum absolute atomic E-state index is 0.0413. The van der Waals surface area contributed by atoms with Gasteiger partial charge in [-0.3, -0.25) is 38.8 Å². The summed E-state index contributed by atoms with van der Waals surface area (Å²) in [6, 6.07) is -16.3. The Bertz CT molecular complexity index is 6550. The molecule has 8 heterocycles. The van der Waals surface area contributed by atoms with Crippen LogP contribution in [0.5, 0.6) is 46.0 Å². The minimum Gasteiger partial charge on any atom is -0.493 e. The molecule has 120 heavy (non-hydrogen) atoms. The normalized spacial score (nSPS) is 42.9. The molecule has 16 atom stereocenters. The molecule has 4 aromatic carbocycles. The van der Waals surface area contributed by atoms with E-state index in [0.717, 1.165) is 52.7 Å². The quantitative estimate of drug-likeness (QED) is 0.0303. The fourth-order valence-electron chi connectivity index (χ4n) is 12.6. The highest BCUT2D eigenvalue weighted by Gasteiger charge is 2.47. The van der Waals surface area contributed by atoms with Crippen LogP contribution >= 0.6 is 0 Å². The van der Waals surface area contributed by atoms with Crippen LogP contribution in [0.15, 0.2) is 48.4 Å². The number of carbonyl (C=O) groups excluding carboxylic acids is 4. The van der Waals surface area contributed by atoms with Gasteiger partial charge in [0.1, 0.15) is 48.5 Å². The van der Waals surface area contributed by atoms with Crippen molar-refractivity contribution in [1.29, 1.82) is 0 Å². The number of nitrogens with two attached hydrogens (primary N) is 4. The summed E-state index contributed by atoms with van der Waals surface area (Å²) in [6.45, 7) is -2.27. The number of hydrogen-bond acceptors (Lipinski definition) is 24. The number of carbonyl (C=O) groups is 4. The number of benzene rings is 4. The molecule has 8 N–H and O–H groups in total. The smallest absolute Gasteiger partial charge is 0.323 e. The summed E-state index contributed by atoms with van der Waals surface area (Å²) in [5.74, 6) is -24.6. The second-order valence-corrected chi connectivity index (χ2v) is 32.0. The zero-order valence-electron chi connectivity index (χ0n) is 122. The molecule has 0 bridgehead atoms. The molecule has 24 nitrogen and oxygen atoms in total. The van der Waals surface area contributed by atoms with E-state index < -0.39 is 402 Å². The summed E-state index contributed by atoms with van der Waals surface area (Å²) >= 11 is 0. The number of rotatable bonds is 28. The van der Waals surface area contributed by atoms with E-state index in [0.29, 0.717) is 4.90 Å². The first kappa shape index (κ1) is 48.4. The lowest BCUT2D eigenvalue weighted by Crippen LogP contribution is -2.51. The fraction of sp³-hybridized carbons (Fsp3) is 0.708. The van der Waals surface area contributed by atoms with Gasteiger partial charge in [-0.2, -0.15) is 0 Å². The zero-order valence-corrected chi connectivity index (χ0v) is 72.0. The van der Waals surface area contributed by atoms with Crippen LogP contribution in [0.4, 0.5) is 0 Å². The Morgan fingerprint density at radius 2 is 0.642 bits per heavy atom. The molecule has 0 aromatic heterocycles. The van der Waals surface area contributed by atoms with Crippen molar-refractivity contribution < 1.29 is 145 Å². The average molecular weight is 1720 g/mol. The number of methoxy groups -OCH3 is 8. The highest BCUT2D eigenvalue weighted by atomic mass is 16.6. The van der Waals surface area contributed by atoms with Gasteiger partial charge in [-0.25, -0.2) is 0 Å². The Labute approximate surface area is 789 Å². The third-order valence-electron chi connectivity index (χ3n) is 19.4. The number of piperidine rings is 4. The Balaban J connectivity index is 0.000000249. The second-order valence-electron chi connectivity index (χ2n) is 32.0. The van der Waals surface area contributed by atoms with Crippen LogP contribution in [0.25, 0.3) is 0 Å².